The molecular weight excluding hydrogens is 414 g/mol. The topological polar surface area (TPSA) is 74.5 Å². The molecule has 1 aromatic heterocycles. The van der Waals surface area contributed by atoms with Crippen LogP contribution >= 0.6 is 11.6 Å². The number of rotatable bonds is 4. The minimum Gasteiger partial charge on any atom is -0.368 e. The van der Waals surface area contributed by atoms with Crippen molar-refractivity contribution in [3.63, 3.8) is 0 Å². The number of piperazine rings is 1. The highest BCUT2D eigenvalue weighted by Gasteiger charge is 2.26. The Morgan fingerprint density at radius 3 is 2.52 bits per heavy atom. The number of aromatic nitrogens is 2. The van der Waals surface area contributed by atoms with Gasteiger partial charge >= 0.3 is 6.03 Å². The van der Waals surface area contributed by atoms with Crippen molar-refractivity contribution in [3.8, 4) is 11.4 Å². The van der Waals surface area contributed by atoms with E-state index in [4.69, 9.17) is 16.1 Å². The van der Waals surface area contributed by atoms with E-state index >= 15 is 0 Å². The van der Waals surface area contributed by atoms with Crippen molar-refractivity contribution < 1.29 is 9.32 Å². The van der Waals surface area contributed by atoms with Crippen LogP contribution in [0, 0.1) is 0 Å². The SMILES string of the molecule is O=C(Nc1ccc(-c2noc(C3CCC3)n2)cc1)N1CCN(c2cccc(Cl)c2)CC1. The first-order chi connectivity index (χ1) is 15.2. The van der Waals surface area contributed by atoms with E-state index in [1.807, 2.05) is 53.4 Å². The molecule has 2 heterocycles. The highest BCUT2D eigenvalue weighted by molar-refractivity contribution is 6.30. The predicted octanol–water partition coefficient (Wildman–Crippen LogP) is 5.01. The molecular formula is C23H24ClN5O2. The number of hydrogen-bond donors (Lipinski definition) is 1. The largest absolute Gasteiger partial charge is 0.368 e. The van der Waals surface area contributed by atoms with Gasteiger partial charge in [-0.25, -0.2) is 4.79 Å². The maximum absolute atomic E-state index is 12.7. The highest BCUT2D eigenvalue weighted by atomic mass is 35.5. The zero-order chi connectivity index (χ0) is 21.2. The second-order valence-corrected chi connectivity index (χ2v) is 8.48. The molecule has 7 nitrogen and oxygen atoms in total. The molecule has 1 saturated carbocycles. The molecule has 3 aromatic rings. The molecule has 8 heteroatoms. The van der Waals surface area contributed by atoms with E-state index in [1.165, 1.54) is 6.42 Å². The summed E-state index contributed by atoms with van der Waals surface area (Å²) >= 11 is 6.09. The summed E-state index contributed by atoms with van der Waals surface area (Å²) in [4.78, 5) is 21.3. The number of halogens is 1. The number of amides is 2. The summed E-state index contributed by atoms with van der Waals surface area (Å²) in [5.41, 5.74) is 2.71. The fourth-order valence-electron chi connectivity index (χ4n) is 3.92. The fraction of sp³-hybridized carbons (Fsp3) is 0.348. The minimum atomic E-state index is -0.0923. The van der Waals surface area contributed by atoms with Crippen molar-refractivity contribution in [1.29, 1.82) is 0 Å². The van der Waals surface area contributed by atoms with Crippen molar-refractivity contribution in [2.24, 2.45) is 0 Å². The summed E-state index contributed by atoms with van der Waals surface area (Å²) in [6.07, 6.45) is 3.48. The summed E-state index contributed by atoms with van der Waals surface area (Å²) in [7, 11) is 0. The van der Waals surface area contributed by atoms with Crippen LogP contribution in [0.25, 0.3) is 11.4 Å². The van der Waals surface area contributed by atoms with Gasteiger partial charge in [0.15, 0.2) is 0 Å². The minimum absolute atomic E-state index is 0.0923. The molecule has 160 valence electrons. The highest BCUT2D eigenvalue weighted by Crippen LogP contribution is 2.36. The summed E-state index contributed by atoms with van der Waals surface area (Å²) in [6, 6.07) is 15.3. The van der Waals surface area contributed by atoms with Crippen LogP contribution in [0.15, 0.2) is 53.1 Å². The molecule has 0 atom stereocenters. The number of nitrogens with one attached hydrogen (secondary N) is 1. The first-order valence-electron chi connectivity index (χ1n) is 10.7. The van der Waals surface area contributed by atoms with Crippen LogP contribution in [0.5, 0.6) is 0 Å². The Hall–Kier alpha value is -3.06. The van der Waals surface area contributed by atoms with Gasteiger partial charge in [0.25, 0.3) is 0 Å². The molecule has 0 unspecified atom stereocenters. The van der Waals surface area contributed by atoms with Crippen LogP contribution in [-0.4, -0.2) is 47.3 Å². The standard InChI is InChI=1S/C23H24ClN5O2/c24-18-5-2-6-20(15-18)28-11-13-29(14-12-28)23(30)25-19-9-7-16(8-10-19)21-26-22(31-27-21)17-3-1-4-17/h2,5-10,15,17H,1,3-4,11-14H2,(H,25,30). The molecule has 31 heavy (non-hydrogen) atoms. The van der Waals surface area contributed by atoms with Gasteiger partial charge in [0.05, 0.1) is 0 Å². The van der Waals surface area contributed by atoms with Crippen LogP contribution in [0.4, 0.5) is 16.2 Å². The first-order valence-corrected chi connectivity index (χ1v) is 11.0. The summed E-state index contributed by atoms with van der Waals surface area (Å²) in [6.45, 7) is 2.86. The first kappa shape index (κ1) is 19.9. The maximum Gasteiger partial charge on any atom is 0.321 e. The van der Waals surface area contributed by atoms with E-state index < -0.39 is 0 Å². The normalized spacial score (nSPS) is 16.8. The van der Waals surface area contributed by atoms with Gasteiger partial charge in [-0.3, -0.25) is 0 Å². The molecule has 0 spiro atoms. The van der Waals surface area contributed by atoms with Crippen molar-refractivity contribution in [1.82, 2.24) is 15.0 Å². The Morgan fingerprint density at radius 2 is 1.84 bits per heavy atom. The Morgan fingerprint density at radius 1 is 1.06 bits per heavy atom. The number of benzene rings is 2. The van der Waals surface area contributed by atoms with Crippen molar-refractivity contribution in [2.45, 2.75) is 25.2 Å². The average Bonchev–Trinajstić information content (AvgIpc) is 3.22. The number of nitrogens with zero attached hydrogens (tertiary/aromatic N) is 4. The Balaban J connectivity index is 1.16. The van der Waals surface area contributed by atoms with E-state index in [2.05, 4.69) is 20.4 Å². The Labute approximate surface area is 186 Å². The molecule has 2 fully saturated rings. The number of carbonyl (C=O) groups is 1. The molecule has 1 N–H and O–H groups in total. The Kier molecular flexibility index (Phi) is 5.51. The third-order valence-electron chi connectivity index (χ3n) is 6.03. The lowest BCUT2D eigenvalue weighted by molar-refractivity contribution is 0.208. The molecule has 5 rings (SSSR count). The van der Waals surface area contributed by atoms with Gasteiger partial charge in [0, 0.05) is 54.1 Å². The van der Waals surface area contributed by atoms with E-state index in [0.29, 0.717) is 24.8 Å². The molecule has 1 aliphatic carbocycles. The zero-order valence-electron chi connectivity index (χ0n) is 17.1. The summed E-state index contributed by atoms with van der Waals surface area (Å²) in [5.74, 6) is 1.74. The molecule has 1 aliphatic heterocycles. The maximum atomic E-state index is 12.7. The van der Waals surface area contributed by atoms with Gasteiger partial charge in [-0.1, -0.05) is 29.2 Å². The molecule has 2 aliphatic rings. The van der Waals surface area contributed by atoms with Gasteiger partial charge in [-0.05, 0) is 55.3 Å². The van der Waals surface area contributed by atoms with Crippen LogP contribution in [0.1, 0.15) is 31.1 Å². The summed E-state index contributed by atoms with van der Waals surface area (Å²) in [5, 5.41) is 7.80. The van der Waals surface area contributed by atoms with Crippen molar-refractivity contribution >= 4 is 29.0 Å². The lowest BCUT2D eigenvalue weighted by Crippen LogP contribution is -2.50. The average molecular weight is 438 g/mol. The summed E-state index contributed by atoms with van der Waals surface area (Å²) < 4.78 is 5.40. The smallest absolute Gasteiger partial charge is 0.321 e. The number of hydrogen-bond acceptors (Lipinski definition) is 5. The van der Waals surface area contributed by atoms with Gasteiger partial charge < -0.3 is 19.6 Å². The fourth-order valence-corrected chi connectivity index (χ4v) is 4.10. The second kappa shape index (κ2) is 8.59. The predicted molar refractivity (Wildman–Crippen MR) is 121 cm³/mol. The molecule has 0 radical (unpaired) electrons. The molecule has 2 aromatic carbocycles. The second-order valence-electron chi connectivity index (χ2n) is 8.05. The van der Waals surface area contributed by atoms with Gasteiger partial charge in [-0.15, -0.1) is 0 Å². The lowest BCUT2D eigenvalue weighted by atomic mass is 9.85. The van der Waals surface area contributed by atoms with Crippen molar-refractivity contribution in [2.75, 3.05) is 36.4 Å². The van der Waals surface area contributed by atoms with E-state index in [9.17, 15) is 4.79 Å². The van der Waals surface area contributed by atoms with Crippen molar-refractivity contribution in [3.05, 3.63) is 59.4 Å². The molecule has 1 saturated heterocycles. The van der Waals surface area contributed by atoms with Crippen LogP contribution < -0.4 is 10.2 Å². The zero-order valence-corrected chi connectivity index (χ0v) is 17.9. The van der Waals surface area contributed by atoms with Gasteiger partial charge in [0.2, 0.25) is 11.7 Å². The van der Waals surface area contributed by atoms with Crippen LogP contribution in [0.3, 0.4) is 0 Å². The van der Waals surface area contributed by atoms with Gasteiger partial charge in [-0.2, -0.15) is 4.98 Å². The van der Waals surface area contributed by atoms with Crippen LogP contribution in [-0.2, 0) is 0 Å². The number of carbonyl (C=O) groups excluding carboxylic acids is 1. The van der Waals surface area contributed by atoms with E-state index in [-0.39, 0.29) is 6.03 Å². The number of urea groups is 1. The molecule has 2 amide bonds. The quantitative estimate of drug-likeness (QED) is 0.620. The lowest BCUT2D eigenvalue weighted by Gasteiger charge is -2.36. The number of anilines is 2. The third-order valence-corrected chi connectivity index (χ3v) is 6.27. The third kappa shape index (κ3) is 4.37. The van der Waals surface area contributed by atoms with Gasteiger partial charge in [0.1, 0.15) is 0 Å². The monoisotopic (exact) mass is 437 g/mol. The van der Waals surface area contributed by atoms with E-state index in [1.54, 1.807) is 0 Å². The Bertz CT molecular complexity index is 1060. The molecule has 0 bridgehead atoms. The van der Waals surface area contributed by atoms with Crippen LogP contribution in [0.2, 0.25) is 5.02 Å². The van der Waals surface area contributed by atoms with E-state index in [0.717, 1.165) is 53.8 Å².